The molecule has 0 aliphatic rings. The average Bonchev–Trinajstić information content (AvgIpc) is 2.47. The lowest BCUT2D eigenvalue weighted by atomic mass is 10.2. The molecule has 2 nitrogen and oxygen atoms in total. The van der Waals surface area contributed by atoms with Gasteiger partial charge in [-0.05, 0) is 37.9 Å². The van der Waals surface area contributed by atoms with Gasteiger partial charge in [0.2, 0.25) is 0 Å². The van der Waals surface area contributed by atoms with Gasteiger partial charge in [-0.25, -0.2) is 0 Å². The molecule has 0 radical (unpaired) electrons. The molecule has 0 saturated heterocycles. The minimum absolute atomic E-state index is 0.789. The van der Waals surface area contributed by atoms with Crippen LogP contribution in [0.15, 0.2) is 24.4 Å². The molecule has 74 valence electrons. The SMILES string of the molecule is CN(C)Cc1c[nH]c2ccc(Cl)cc12. The summed E-state index contributed by atoms with van der Waals surface area (Å²) in [6.07, 6.45) is 2.04. The van der Waals surface area contributed by atoms with E-state index in [1.807, 2.05) is 24.4 Å². The van der Waals surface area contributed by atoms with Crippen molar-refractivity contribution in [1.29, 1.82) is 0 Å². The molecule has 3 heteroatoms. The van der Waals surface area contributed by atoms with Crippen LogP contribution in [0.25, 0.3) is 10.9 Å². The standard InChI is InChI=1S/C11H13ClN2/c1-14(2)7-8-6-13-11-4-3-9(12)5-10(8)11/h3-6,13H,7H2,1-2H3. The van der Waals surface area contributed by atoms with E-state index in [1.54, 1.807) is 0 Å². The van der Waals surface area contributed by atoms with Crippen molar-refractivity contribution in [2.45, 2.75) is 6.54 Å². The van der Waals surface area contributed by atoms with Crippen molar-refractivity contribution in [1.82, 2.24) is 9.88 Å². The number of nitrogens with one attached hydrogen (secondary N) is 1. The third-order valence-electron chi connectivity index (χ3n) is 2.22. The number of H-pyrrole nitrogens is 1. The minimum atomic E-state index is 0.789. The van der Waals surface area contributed by atoms with E-state index in [2.05, 4.69) is 24.0 Å². The number of fused-ring (bicyclic) bond motifs is 1. The van der Waals surface area contributed by atoms with Gasteiger partial charge in [-0.1, -0.05) is 11.6 Å². The fourth-order valence-electron chi connectivity index (χ4n) is 1.62. The summed E-state index contributed by atoms with van der Waals surface area (Å²) in [4.78, 5) is 5.38. The maximum Gasteiger partial charge on any atom is 0.0458 e. The van der Waals surface area contributed by atoms with E-state index in [-0.39, 0.29) is 0 Å². The Morgan fingerprint density at radius 2 is 2.14 bits per heavy atom. The molecule has 1 aromatic carbocycles. The van der Waals surface area contributed by atoms with Crippen molar-refractivity contribution >= 4 is 22.5 Å². The number of aromatic amines is 1. The molecule has 2 aromatic rings. The quantitative estimate of drug-likeness (QED) is 0.804. The Morgan fingerprint density at radius 3 is 2.86 bits per heavy atom. The summed E-state index contributed by atoms with van der Waals surface area (Å²) in [5.74, 6) is 0. The lowest BCUT2D eigenvalue weighted by Gasteiger charge is -2.07. The van der Waals surface area contributed by atoms with E-state index in [0.717, 1.165) is 17.1 Å². The van der Waals surface area contributed by atoms with E-state index < -0.39 is 0 Å². The van der Waals surface area contributed by atoms with Crippen LogP contribution in [0.4, 0.5) is 0 Å². The van der Waals surface area contributed by atoms with E-state index in [0.29, 0.717) is 0 Å². The van der Waals surface area contributed by atoms with Gasteiger partial charge < -0.3 is 9.88 Å². The molecule has 0 aliphatic heterocycles. The first-order valence-electron chi connectivity index (χ1n) is 4.57. The van der Waals surface area contributed by atoms with Gasteiger partial charge in [0.1, 0.15) is 0 Å². The highest BCUT2D eigenvalue weighted by Crippen LogP contribution is 2.22. The van der Waals surface area contributed by atoms with E-state index in [9.17, 15) is 0 Å². The first kappa shape index (κ1) is 9.56. The normalized spacial score (nSPS) is 11.4. The molecule has 1 N–H and O–H groups in total. The highest BCUT2D eigenvalue weighted by atomic mass is 35.5. The predicted octanol–water partition coefficient (Wildman–Crippen LogP) is 2.88. The summed E-state index contributed by atoms with van der Waals surface area (Å²) in [6, 6.07) is 5.92. The Bertz CT molecular complexity index is 445. The smallest absolute Gasteiger partial charge is 0.0458 e. The monoisotopic (exact) mass is 208 g/mol. The fraction of sp³-hybridized carbons (Fsp3) is 0.273. The number of aromatic nitrogens is 1. The van der Waals surface area contributed by atoms with Crippen LogP contribution in [-0.4, -0.2) is 24.0 Å². The minimum Gasteiger partial charge on any atom is -0.361 e. The Morgan fingerprint density at radius 1 is 1.36 bits per heavy atom. The number of halogens is 1. The van der Waals surface area contributed by atoms with Crippen molar-refractivity contribution in [3.8, 4) is 0 Å². The summed E-state index contributed by atoms with van der Waals surface area (Å²) in [5.41, 5.74) is 2.43. The van der Waals surface area contributed by atoms with Crippen molar-refractivity contribution in [3.63, 3.8) is 0 Å². The van der Waals surface area contributed by atoms with Gasteiger partial charge in [0.25, 0.3) is 0 Å². The van der Waals surface area contributed by atoms with Crippen LogP contribution >= 0.6 is 11.6 Å². The number of nitrogens with zero attached hydrogens (tertiary/aromatic N) is 1. The zero-order chi connectivity index (χ0) is 10.1. The number of rotatable bonds is 2. The molecule has 2 rings (SSSR count). The van der Waals surface area contributed by atoms with Crippen LogP contribution in [0.2, 0.25) is 5.02 Å². The predicted molar refractivity (Wildman–Crippen MR) is 60.7 cm³/mol. The molecule has 0 spiro atoms. The van der Waals surface area contributed by atoms with E-state index >= 15 is 0 Å². The molecule has 0 bridgehead atoms. The van der Waals surface area contributed by atoms with Crippen molar-refractivity contribution in [2.75, 3.05) is 14.1 Å². The second-order valence-electron chi connectivity index (χ2n) is 3.74. The Labute approximate surface area is 88.5 Å². The van der Waals surface area contributed by atoms with Gasteiger partial charge in [-0.3, -0.25) is 0 Å². The average molecular weight is 209 g/mol. The van der Waals surface area contributed by atoms with Crippen LogP contribution in [0.3, 0.4) is 0 Å². The molecule has 1 heterocycles. The Balaban J connectivity index is 2.50. The van der Waals surface area contributed by atoms with Crippen molar-refractivity contribution in [3.05, 3.63) is 35.0 Å². The summed E-state index contributed by atoms with van der Waals surface area (Å²) < 4.78 is 0. The lowest BCUT2D eigenvalue weighted by Crippen LogP contribution is -2.09. The molecule has 0 amide bonds. The van der Waals surface area contributed by atoms with E-state index in [1.165, 1.54) is 10.9 Å². The summed E-state index contributed by atoms with van der Waals surface area (Å²) >= 11 is 5.96. The molecule has 0 aliphatic carbocycles. The Hall–Kier alpha value is -0.990. The zero-order valence-electron chi connectivity index (χ0n) is 8.34. The molecule has 14 heavy (non-hydrogen) atoms. The highest BCUT2D eigenvalue weighted by Gasteiger charge is 2.04. The van der Waals surface area contributed by atoms with Crippen LogP contribution < -0.4 is 0 Å². The molecule has 0 atom stereocenters. The second kappa shape index (κ2) is 3.64. The van der Waals surface area contributed by atoms with Crippen molar-refractivity contribution < 1.29 is 0 Å². The van der Waals surface area contributed by atoms with Gasteiger partial charge >= 0.3 is 0 Å². The maximum atomic E-state index is 5.96. The fourth-order valence-corrected chi connectivity index (χ4v) is 1.79. The number of benzene rings is 1. The van der Waals surface area contributed by atoms with Crippen LogP contribution in [0.5, 0.6) is 0 Å². The Kier molecular flexibility index (Phi) is 2.48. The molecule has 0 saturated carbocycles. The third kappa shape index (κ3) is 1.76. The molecule has 0 fully saturated rings. The maximum absolute atomic E-state index is 5.96. The van der Waals surface area contributed by atoms with Gasteiger partial charge in [0.15, 0.2) is 0 Å². The van der Waals surface area contributed by atoms with Crippen LogP contribution in [0.1, 0.15) is 5.56 Å². The summed E-state index contributed by atoms with van der Waals surface area (Å²) in [6.45, 7) is 0.931. The second-order valence-corrected chi connectivity index (χ2v) is 4.18. The lowest BCUT2D eigenvalue weighted by molar-refractivity contribution is 0.404. The molecular formula is C11H13ClN2. The number of hydrogen-bond donors (Lipinski definition) is 1. The van der Waals surface area contributed by atoms with Gasteiger partial charge in [-0.15, -0.1) is 0 Å². The largest absolute Gasteiger partial charge is 0.361 e. The first-order chi connectivity index (χ1) is 6.66. The first-order valence-corrected chi connectivity index (χ1v) is 4.95. The third-order valence-corrected chi connectivity index (χ3v) is 2.45. The summed E-state index contributed by atoms with van der Waals surface area (Å²) in [7, 11) is 4.12. The van der Waals surface area contributed by atoms with Crippen molar-refractivity contribution in [2.24, 2.45) is 0 Å². The van der Waals surface area contributed by atoms with Crippen LogP contribution in [0, 0.1) is 0 Å². The van der Waals surface area contributed by atoms with E-state index in [4.69, 9.17) is 11.6 Å². The molecular weight excluding hydrogens is 196 g/mol. The van der Waals surface area contributed by atoms with Gasteiger partial charge in [0.05, 0.1) is 0 Å². The molecule has 0 unspecified atom stereocenters. The van der Waals surface area contributed by atoms with Crippen LogP contribution in [-0.2, 0) is 6.54 Å². The zero-order valence-corrected chi connectivity index (χ0v) is 9.10. The summed E-state index contributed by atoms with van der Waals surface area (Å²) in [5, 5.41) is 2.00. The number of hydrogen-bond acceptors (Lipinski definition) is 1. The van der Waals surface area contributed by atoms with Gasteiger partial charge in [0, 0.05) is 28.7 Å². The topological polar surface area (TPSA) is 19.0 Å². The van der Waals surface area contributed by atoms with Gasteiger partial charge in [-0.2, -0.15) is 0 Å². The highest BCUT2D eigenvalue weighted by molar-refractivity contribution is 6.31. The molecule has 1 aromatic heterocycles.